The van der Waals surface area contributed by atoms with E-state index in [0.717, 1.165) is 0 Å². The summed E-state index contributed by atoms with van der Waals surface area (Å²) in [5.41, 5.74) is 0.583. The van der Waals surface area contributed by atoms with Gasteiger partial charge in [-0.3, -0.25) is 4.79 Å². The Morgan fingerprint density at radius 1 is 1.18 bits per heavy atom. The first-order valence-corrected chi connectivity index (χ1v) is 6.18. The van der Waals surface area contributed by atoms with Crippen molar-refractivity contribution < 1.29 is 18.0 Å². The Morgan fingerprint density at radius 2 is 1.73 bits per heavy atom. The molecule has 3 N–H and O–H groups in total. The number of anilines is 2. The van der Waals surface area contributed by atoms with Gasteiger partial charge in [-0.25, -0.2) is 0 Å². The van der Waals surface area contributed by atoms with Gasteiger partial charge in [-0.15, -0.1) is 24.8 Å². The number of hydrogen-bond donors (Lipinski definition) is 3. The minimum Gasteiger partial charge on any atom is -0.375 e. The van der Waals surface area contributed by atoms with Gasteiger partial charge in [-0.2, -0.15) is 13.2 Å². The van der Waals surface area contributed by atoms with Crippen LogP contribution in [0.5, 0.6) is 0 Å². The fraction of sp³-hybridized carbons (Fsp3) is 0.462. The standard InChI is InChI=1S/C13H18F3N3O.2ClH/c1-9(7-17-2)12(20)19-11-6-4-3-5-10(11)18-8-13(14,15)16;;/h3-6,9,17-18H,7-8H2,1-2H3,(H,19,20);2*1H. The number of amides is 1. The molecule has 0 fully saturated rings. The second kappa shape index (κ2) is 10.5. The molecule has 22 heavy (non-hydrogen) atoms. The highest BCUT2D eigenvalue weighted by molar-refractivity contribution is 5.95. The molecule has 1 aromatic rings. The summed E-state index contributed by atoms with van der Waals surface area (Å²) in [5, 5.41) is 7.77. The SMILES string of the molecule is CNCC(C)C(=O)Nc1ccccc1NCC(F)(F)F.Cl.Cl. The predicted octanol–water partition coefficient (Wildman–Crippen LogP) is 3.30. The molecule has 0 aromatic heterocycles. The van der Waals surface area contributed by atoms with E-state index in [2.05, 4.69) is 16.0 Å². The molecule has 0 bridgehead atoms. The molecule has 0 spiro atoms. The topological polar surface area (TPSA) is 53.2 Å². The molecule has 0 aliphatic rings. The smallest absolute Gasteiger partial charge is 0.375 e. The van der Waals surface area contributed by atoms with Crippen LogP contribution in [0.2, 0.25) is 0 Å². The van der Waals surface area contributed by atoms with Crippen LogP contribution in [0.3, 0.4) is 0 Å². The van der Waals surface area contributed by atoms with Crippen molar-refractivity contribution >= 4 is 42.1 Å². The minimum atomic E-state index is -4.31. The third kappa shape index (κ3) is 8.31. The molecule has 0 saturated carbocycles. The number of benzene rings is 1. The summed E-state index contributed by atoms with van der Waals surface area (Å²) in [5.74, 6) is -0.531. The number of hydrogen-bond acceptors (Lipinski definition) is 3. The van der Waals surface area contributed by atoms with Gasteiger partial charge < -0.3 is 16.0 Å². The summed E-state index contributed by atoms with van der Waals surface area (Å²) >= 11 is 0. The highest BCUT2D eigenvalue weighted by Gasteiger charge is 2.27. The third-order valence-electron chi connectivity index (χ3n) is 2.62. The number of alkyl halides is 3. The molecule has 0 saturated heterocycles. The number of carbonyl (C=O) groups excluding carboxylic acids is 1. The molecule has 1 unspecified atom stereocenters. The molecule has 1 aromatic carbocycles. The molecular formula is C13H20Cl2F3N3O. The van der Waals surface area contributed by atoms with E-state index < -0.39 is 12.7 Å². The molecule has 0 aliphatic carbocycles. The van der Waals surface area contributed by atoms with Crippen molar-refractivity contribution in [2.75, 3.05) is 30.8 Å². The zero-order valence-corrected chi connectivity index (χ0v) is 13.8. The zero-order valence-electron chi connectivity index (χ0n) is 12.2. The molecule has 1 atom stereocenters. The molecule has 0 radical (unpaired) electrons. The zero-order chi connectivity index (χ0) is 15.2. The molecule has 1 amide bonds. The fourth-order valence-corrected chi connectivity index (χ4v) is 1.60. The van der Waals surface area contributed by atoms with Crippen LogP contribution in [-0.4, -0.2) is 32.2 Å². The lowest BCUT2D eigenvalue weighted by Gasteiger charge is -2.16. The second-order valence-corrected chi connectivity index (χ2v) is 4.46. The fourth-order valence-electron chi connectivity index (χ4n) is 1.60. The van der Waals surface area contributed by atoms with Gasteiger partial charge in [0.15, 0.2) is 0 Å². The monoisotopic (exact) mass is 361 g/mol. The first kappa shape index (κ1) is 23.1. The van der Waals surface area contributed by atoms with Crippen LogP contribution in [0, 0.1) is 5.92 Å². The van der Waals surface area contributed by atoms with E-state index in [4.69, 9.17) is 0 Å². The summed E-state index contributed by atoms with van der Waals surface area (Å²) in [6, 6.07) is 6.30. The molecular weight excluding hydrogens is 342 g/mol. The lowest BCUT2D eigenvalue weighted by atomic mass is 10.1. The van der Waals surface area contributed by atoms with Crippen molar-refractivity contribution in [3.8, 4) is 0 Å². The molecule has 9 heteroatoms. The molecule has 4 nitrogen and oxygen atoms in total. The average Bonchev–Trinajstić information content (AvgIpc) is 2.37. The van der Waals surface area contributed by atoms with Crippen LogP contribution in [-0.2, 0) is 4.79 Å². The van der Waals surface area contributed by atoms with Crippen molar-refractivity contribution in [3.63, 3.8) is 0 Å². The maximum atomic E-state index is 12.2. The van der Waals surface area contributed by atoms with Gasteiger partial charge in [0.1, 0.15) is 6.54 Å². The molecule has 0 heterocycles. The van der Waals surface area contributed by atoms with Crippen molar-refractivity contribution in [1.29, 1.82) is 0 Å². The van der Waals surface area contributed by atoms with E-state index in [1.165, 1.54) is 6.07 Å². The Labute approximate surface area is 140 Å². The van der Waals surface area contributed by atoms with E-state index in [0.29, 0.717) is 12.2 Å². The van der Waals surface area contributed by atoms with Gasteiger partial charge in [0.25, 0.3) is 0 Å². The van der Waals surface area contributed by atoms with Gasteiger partial charge in [0.2, 0.25) is 5.91 Å². The Kier molecular flexibility index (Phi) is 11.1. The van der Waals surface area contributed by atoms with E-state index in [1.54, 1.807) is 32.2 Å². The maximum Gasteiger partial charge on any atom is 0.405 e. The second-order valence-electron chi connectivity index (χ2n) is 4.46. The lowest BCUT2D eigenvalue weighted by Crippen LogP contribution is -2.29. The van der Waals surface area contributed by atoms with Crippen molar-refractivity contribution in [1.82, 2.24) is 5.32 Å². The van der Waals surface area contributed by atoms with Crippen LogP contribution in [0.1, 0.15) is 6.92 Å². The number of carbonyl (C=O) groups is 1. The summed E-state index contributed by atoms with van der Waals surface area (Å²) < 4.78 is 36.6. The number of para-hydroxylation sites is 2. The third-order valence-corrected chi connectivity index (χ3v) is 2.62. The van der Waals surface area contributed by atoms with Gasteiger partial charge in [-0.1, -0.05) is 19.1 Å². The highest BCUT2D eigenvalue weighted by Crippen LogP contribution is 2.24. The van der Waals surface area contributed by atoms with Crippen LogP contribution >= 0.6 is 24.8 Å². The van der Waals surface area contributed by atoms with Crippen molar-refractivity contribution in [3.05, 3.63) is 24.3 Å². The van der Waals surface area contributed by atoms with Gasteiger partial charge >= 0.3 is 6.18 Å². The minimum absolute atomic E-state index is 0. The van der Waals surface area contributed by atoms with Crippen LogP contribution in [0.25, 0.3) is 0 Å². The average molecular weight is 362 g/mol. The van der Waals surface area contributed by atoms with Gasteiger partial charge in [0.05, 0.1) is 11.4 Å². The van der Waals surface area contributed by atoms with E-state index >= 15 is 0 Å². The summed E-state index contributed by atoms with van der Waals surface area (Å²) in [6.45, 7) is 1.08. The summed E-state index contributed by atoms with van der Waals surface area (Å²) in [7, 11) is 1.72. The maximum absolute atomic E-state index is 12.2. The Hall–Kier alpha value is -1.18. The number of nitrogens with one attached hydrogen (secondary N) is 3. The van der Waals surface area contributed by atoms with Crippen molar-refractivity contribution in [2.45, 2.75) is 13.1 Å². The largest absolute Gasteiger partial charge is 0.405 e. The normalized spacial score (nSPS) is 11.7. The Bertz CT molecular complexity index is 458. The van der Waals surface area contributed by atoms with E-state index in [9.17, 15) is 18.0 Å². The first-order valence-electron chi connectivity index (χ1n) is 6.18. The first-order chi connectivity index (χ1) is 9.33. The highest BCUT2D eigenvalue weighted by atomic mass is 35.5. The van der Waals surface area contributed by atoms with Crippen molar-refractivity contribution in [2.24, 2.45) is 5.92 Å². The summed E-state index contributed by atoms with van der Waals surface area (Å²) in [6.07, 6.45) is -4.31. The van der Waals surface area contributed by atoms with Crippen LogP contribution < -0.4 is 16.0 Å². The Morgan fingerprint density at radius 3 is 2.23 bits per heavy atom. The molecule has 0 aliphatic heterocycles. The molecule has 128 valence electrons. The lowest BCUT2D eigenvalue weighted by molar-refractivity contribution is -0.119. The quantitative estimate of drug-likeness (QED) is 0.728. The number of rotatable bonds is 6. The van der Waals surface area contributed by atoms with Gasteiger partial charge in [-0.05, 0) is 19.2 Å². The van der Waals surface area contributed by atoms with Crippen LogP contribution in [0.15, 0.2) is 24.3 Å². The van der Waals surface area contributed by atoms with Crippen LogP contribution in [0.4, 0.5) is 24.5 Å². The molecule has 1 rings (SSSR count). The number of halogens is 5. The van der Waals surface area contributed by atoms with E-state index in [1.807, 2.05) is 0 Å². The van der Waals surface area contributed by atoms with E-state index in [-0.39, 0.29) is 42.3 Å². The summed E-state index contributed by atoms with van der Waals surface area (Å²) in [4.78, 5) is 11.9. The predicted molar refractivity (Wildman–Crippen MR) is 87.2 cm³/mol. The Balaban J connectivity index is 0. The van der Waals surface area contributed by atoms with Gasteiger partial charge in [0, 0.05) is 12.5 Å².